The highest BCUT2D eigenvalue weighted by molar-refractivity contribution is 6.32. The molecule has 0 aliphatic rings. The van der Waals surface area contributed by atoms with Gasteiger partial charge in [-0.3, -0.25) is 0 Å². The largest absolute Gasteiger partial charge is 0.456 e. The Morgan fingerprint density at radius 3 is 1.58 bits per heavy atom. The molecule has 52 heavy (non-hydrogen) atoms. The molecule has 242 valence electrons. The molecule has 0 N–H and O–H groups in total. The van der Waals surface area contributed by atoms with E-state index in [4.69, 9.17) is 23.8 Å². The number of aromatic nitrogens is 3. The summed E-state index contributed by atoms with van der Waals surface area (Å²) in [7, 11) is 0. The molecule has 11 aromatic rings. The van der Waals surface area contributed by atoms with Crippen LogP contribution < -0.4 is 0 Å². The first-order chi connectivity index (χ1) is 25.8. The Morgan fingerprint density at radius 2 is 0.846 bits per heavy atom. The minimum Gasteiger partial charge on any atom is -0.456 e. The third-order valence-corrected chi connectivity index (χ3v) is 10.1. The van der Waals surface area contributed by atoms with Crippen LogP contribution in [0.5, 0.6) is 0 Å². The van der Waals surface area contributed by atoms with Crippen molar-refractivity contribution in [2.45, 2.75) is 0 Å². The smallest absolute Gasteiger partial charge is 0.164 e. The fourth-order valence-electron chi connectivity index (χ4n) is 7.80. The molecule has 0 saturated carbocycles. The SMILES string of the molecule is c1ccc(-c2cc(-c3nc(-c4ccccc4)nc(-c4cccc5oc6ccccc6c45)n3)c3c4ccccc4c4c5ccccc5oc4c3c2)cc1. The minimum absolute atomic E-state index is 0.577. The van der Waals surface area contributed by atoms with Gasteiger partial charge < -0.3 is 8.83 Å². The van der Waals surface area contributed by atoms with Gasteiger partial charge in [-0.2, -0.15) is 0 Å². The van der Waals surface area contributed by atoms with Crippen molar-refractivity contribution >= 4 is 65.4 Å². The lowest BCUT2D eigenvalue weighted by Gasteiger charge is -2.15. The lowest BCUT2D eigenvalue weighted by atomic mass is 9.90. The number of rotatable bonds is 4. The maximum Gasteiger partial charge on any atom is 0.164 e. The monoisotopic (exact) mass is 665 g/mol. The molecule has 0 aliphatic carbocycles. The Hall–Kier alpha value is -7.11. The van der Waals surface area contributed by atoms with Gasteiger partial charge >= 0.3 is 0 Å². The highest BCUT2D eigenvalue weighted by atomic mass is 16.3. The van der Waals surface area contributed by atoms with Crippen LogP contribution in [0.2, 0.25) is 0 Å². The Labute approximate surface area is 297 Å². The molecular formula is C47H27N3O2. The minimum atomic E-state index is 0.577. The van der Waals surface area contributed by atoms with Crippen molar-refractivity contribution in [3.8, 4) is 45.3 Å². The number of furan rings is 2. The summed E-state index contributed by atoms with van der Waals surface area (Å²) in [5.74, 6) is 1.75. The maximum atomic E-state index is 6.76. The summed E-state index contributed by atoms with van der Waals surface area (Å²) in [5, 5.41) is 8.47. The van der Waals surface area contributed by atoms with Crippen molar-refractivity contribution in [2.75, 3.05) is 0 Å². The first kappa shape index (κ1) is 28.7. The molecule has 0 bridgehead atoms. The standard InChI is InChI=1S/C47H27N3O2/c1-3-14-28(15-4-1)30-26-36-41(31-18-7-8-19-32(31)43-34-21-10-12-24-39(34)52-44(36)43)37(27-30)47-49-45(29-16-5-2-6-17-29)48-46(50-47)35-22-13-25-40-42(35)33-20-9-11-23-38(33)51-40/h1-27H. The fraction of sp³-hybridized carbons (Fsp3) is 0. The molecule has 3 aromatic heterocycles. The van der Waals surface area contributed by atoms with E-state index < -0.39 is 0 Å². The summed E-state index contributed by atoms with van der Waals surface area (Å²) in [5.41, 5.74) is 8.15. The average molecular weight is 666 g/mol. The molecule has 0 radical (unpaired) electrons. The molecule has 0 amide bonds. The van der Waals surface area contributed by atoms with Crippen molar-refractivity contribution in [3.63, 3.8) is 0 Å². The Balaban J connectivity index is 1.30. The fourth-order valence-corrected chi connectivity index (χ4v) is 7.80. The van der Waals surface area contributed by atoms with Gasteiger partial charge in [-0.1, -0.05) is 133 Å². The van der Waals surface area contributed by atoms with Gasteiger partial charge in [0.2, 0.25) is 0 Å². The van der Waals surface area contributed by atoms with Crippen LogP contribution in [0.3, 0.4) is 0 Å². The Kier molecular flexibility index (Phi) is 6.18. The molecule has 0 atom stereocenters. The number of para-hydroxylation sites is 2. The molecule has 3 heterocycles. The predicted octanol–water partition coefficient (Wildman–Crippen LogP) is 12.6. The van der Waals surface area contributed by atoms with Gasteiger partial charge in [-0.25, -0.2) is 15.0 Å². The number of fused-ring (bicyclic) bond motifs is 11. The van der Waals surface area contributed by atoms with Crippen molar-refractivity contribution in [1.82, 2.24) is 15.0 Å². The number of hydrogen-bond acceptors (Lipinski definition) is 5. The number of nitrogens with zero attached hydrogens (tertiary/aromatic N) is 3. The maximum absolute atomic E-state index is 6.76. The summed E-state index contributed by atoms with van der Waals surface area (Å²) in [4.78, 5) is 15.8. The van der Waals surface area contributed by atoms with Crippen molar-refractivity contribution in [2.24, 2.45) is 0 Å². The quantitative estimate of drug-likeness (QED) is 0.175. The molecular weight excluding hydrogens is 639 g/mol. The van der Waals surface area contributed by atoms with E-state index in [1.807, 2.05) is 78.9 Å². The zero-order valence-corrected chi connectivity index (χ0v) is 27.7. The van der Waals surface area contributed by atoms with Crippen LogP contribution >= 0.6 is 0 Å². The molecule has 8 aromatic carbocycles. The van der Waals surface area contributed by atoms with E-state index in [1.54, 1.807) is 0 Å². The summed E-state index contributed by atoms with van der Waals surface area (Å²) in [6.07, 6.45) is 0. The van der Waals surface area contributed by atoms with Crippen LogP contribution in [0.4, 0.5) is 0 Å². The van der Waals surface area contributed by atoms with Gasteiger partial charge in [0.15, 0.2) is 17.5 Å². The summed E-state index contributed by atoms with van der Waals surface area (Å²) in [6.45, 7) is 0. The van der Waals surface area contributed by atoms with Crippen molar-refractivity contribution in [1.29, 1.82) is 0 Å². The Morgan fingerprint density at radius 1 is 0.308 bits per heavy atom. The number of hydrogen-bond donors (Lipinski definition) is 0. The van der Waals surface area contributed by atoms with Gasteiger partial charge in [-0.05, 0) is 52.2 Å². The molecule has 0 saturated heterocycles. The second-order valence-electron chi connectivity index (χ2n) is 13.1. The van der Waals surface area contributed by atoms with E-state index in [0.717, 1.165) is 93.2 Å². The molecule has 0 unspecified atom stereocenters. The van der Waals surface area contributed by atoms with Crippen LogP contribution in [0.15, 0.2) is 173 Å². The van der Waals surface area contributed by atoms with E-state index in [-0.39, 0.29) is 0 Å². The second-order valence-corrected chi connectivity index (χ2v) is 13.1. The van der Waals surface area contributed by atoms with Crippen LogP contribution in [0.25, 0.3) is 111 Å². The van der Waals surface area contributed by atoms with Crippen LogP contribution in [-0.2, 0) is 0 Å². The molecule has 0 aliphatic heterocycles. The molecule has 0 spiro atoms. The van der Waals surface area contributed by atoms with Crippen molar-refractivity contribution in [3.05, 3.63) is 164 Å². The highest BCUT2D eigenvalue weighted by Gasteiger charge is 2.23. The first-order valence-corrected chi connectivity index (χ1v) is 17.4. The average Bonchev–Trinajstić information content (AvgIpc) is 3.80. The van der Waals surface area contributed by atoms with Crippen LogP contribution in [0, 0.1) is 0 Å². The highest BCUT2D eigenvalue weighted by Crippen LogP contribution is 2.46. The van der Waals surface area contributed by atoms with Gasteiger partial charge in [0.05, 0.1) is 0 Å². The molecule has 0 fully saturated rings. The van der Waals surface area contributed by atoms with Crippen LogP contribution in [-0.4, -0.2) is 15.0 Å². The van der Waals surface area contributed by atoms with E-state index >= 15 is 0 Å². The number of benzene rings is 8. The van der Waals surface area contributed by atoms with E-state index in [9.17, 15) is 0 Å². The zero-order valence-electron chi connectivity index (χ0n) is 27.7. The Bertz CT molecular complexity index is 3180. The van der Waals surface area contributed by atoms with Crippen LogP contribution in [0.1, 0.15) is 0 Å². The molecule has 5 nitrogen and oxygen atoms in total. The third kappa shape index (κ3) is 4.33. The molecule has 11 rings (SSSR count). The van der Waals surface area contributed by atoms with E-state index in [2.05, 4.69) is 84.9 Å². The summed E-state index contributed by atoms with van der Waals surface area (Å²) in [6, 6.07) is 56.1. The third-order valence-electron chi connectivity index (χ3n) is 10.1. The summed E-state index contributed by atoms with van der Waals surface area (Å²) < 4.78 is 13.1. The van der Waals surface area contributed by atoms with Crippen molar-refractivity contribution < 1.29 is 8.83 Å². The second kappa shape index (κ2) is 11.2. The lowest BCUT2D eigenvalue weighted by molar-refractivity contribution is 0.669. The van der Waals surface area contributed by atoms with E-state index in [0.29, 0.717) is 17.5 Å². The van der Waals surface area contributed by atoms with Gasteiger partial charge in [0, 0.05) is 49.0 Å². The molecule has 5 heteroatoms. The summed E-state index contributed by atoms with van der Waals surface area (Å²) >= 11 is 0. The lowest BCUT2D eigenvalue weighted by Crippen LogP contribution is -2.01. The topological polar surface area (TPSA) is 65.0 Å². The van der Waals surface area contributed by atoms with Gasteiger partial charge in [0.1, 0.15) is 22.3 Å². The normalized spacial score (nSPS) is 11.8. The van der Waals surface area contributed by atoms with E-state index in [1.165, 1.54) is 0 Å². The predicted molar refractivity (Wildman–Crippen MR) is 211 cm³/mol. The van der Waals surface area contributed by atoms with Gasteiger partial charge in [0.25, 0.3) is 0 Å². The zero-order chi connectivity index (χ0) is 34.2. The first-order valence-electron chi connectivity index (χ1n) is 17.4. The van der Waals surface area contributed by atoms with Gasteiger partial charge in [-0.15, -0.1) is 0 Å².